The Kier molecular flexibility index (Phi) is 6.22. The molecule has 0 aliphatic heterocycles. The molecule has 0 unspecified atom stereocenters. The minimum atomic E-state index is 0.591. The zero-order valence-electron chi connectivity index (χ0n) is 25.8. The van der Waals surface area contributed by atoms with Gasteiger partial charge in [0.2, 0.25) is 0 Å². The molecule has 0 saturated heterocycles. The number of rotatable bonds is 4. The summed E-state index contributed by atoms with van der Waals surface area (Å²) in [5, 5.41) is 25.5. The predicted molar refractivity (Wildman–Crippen MR) is 195 cm³/mol. The summed E-state index contributed by atoms with van der Waals surface area (Å²) in [4.78, 5) is 0. The topological polar surface area (TPSA) is 57.4 Å². The predicted octanol–water partition coefficient (Wildman–Crippen LogP) is 11.0. The van der Waals surface area contributed by atoms with Gasteiger partial charge in [-0.2, -0.15) is 10.5 Å². The summed E-state index contributed by atoms with van der Waals surface area (Å²) in [7, 11) is 0. The number of hydrogen-bond donors (Lipinski definition) is 0. The smallest absolute Gasteiger partial charge is 0.101 e. The van der Waals surface area contributed by atoms with Gasteiger partial charge in [0, 0.05) is 27.1 Å². The van der Waals surface area contributed by atoms with Crippen LogP contribution in [0.15, 0.2) is 158 Å². The van der Waals surface area contributed by atoms with Crippen molar-refractivity contribution in [3.8, 4) is 45.8 Å². The van der Waals surface area contributed by atoms with Gasteiger partial charge in [-0.3, -0.25) is 0 Å². The highest BCUT2D eigenvalue weighted by atomic mass is 15.0. The van der Waals surface area contributed by atoms with Crippen molar-refractivity contribution < 1.29 is 0 Å². The van der Waals surface area contributed by atoms with Gasteiger partial charge < -0.3 is 9.13 Å². The highest BCUT2D eigenvalue weighted by Crippen LogP contribution is 2.39. The van der Waals surface area contributed by atoms with Crippen LogP contribution >= 0.6 is 0 Å². The lowest BCUT2D eigenvalue weighted by atomic mass is 9.94. The summed E-state index contributed by atoms with van der Waals surface area (Å²) in [5.74, 6) is 0. The van der Waals surface area contributed by atoms with E-state index in [1.165, 1.54) is 10.8 Å². The maximum atomic E-state index is 10.4. The van der Waals surface area contributed by atoms with Gasteiger partial charge in [0.1, 0.15) is 6.07 Å². The maximum Gasteiger partial charge on any atom is 0.101 e. The van der Waals surface area contributed by atoms with E-state index in [2.05, 4.69) is 137 Å². The molecule has 0 spiro atoms. The van der Waals surface area contributed by atoms with Crippen LogP contribution < -0.4 is 0 Å². The van der Waals surface area contributed by atoms with E-state index >= 15 is 0 Å². The van der Waals surface area contributed by atoms with E-state index in [1.54, 1.807) is 0 Å². The standard InChI is InChI=1S/C44H26N4/c45-27-32-13-10-22-43(48-41-20-7-3-16-36(41)37-17-4-8-21-42(37)48)44(32)31-12-9-11-29(25-31)30-23-24-38(33(26-30)28-46)47-39-18-5-1-14-34(39)35-15-2-6-19-40(35)47/h1-26H. The fraction of sp³-hybridized carbons (Fsp3) is 0. The van der Waals surface area contributed by atoms with E-state index in [-0.39, 0.29) is 0 Å². The van der Waals surface area contributed by atoms with E-state index in [0.717, 1.165) is 66.5 Å². The Labute approximate surface area is 277 Å². The minimum Gasteiger partial charge on any atom is -0.309 e. The van der Waals surface area contributed by atoms with Crippen molar-refractivity contribution in [1.82, 2.24) is 9.13 Å². The third-order valence-electron chi connectivity index (χ3n) is 9.41. The lowest BCUT2D eigenvalue weighted by Gasteiger charge is -2.16. The fourth-order valence-corrected chi connectivity index (χ4v) is 7.34. The van der Waals surface area contributed by atoms with Crippen molar-refractivity contribution in [1.29, 1.82) is 10.5 Å². The van der Waals surface area contributed by atoms with E-state index in [4.69, 9.17) is 0 Å². The van der Waals surface area contributed by atoms with Gasteiger partial charge in [-0.15, -0.1) is 0 Å². The van der Waals surface area contributed by atoms with Crippen molar-refractivity contribution in [3.05, 3.63) is 169 Å². The van der Waals surface area contributed by atoms with Crippen molar-refractivity contribution in [2.45, 2.75) is 0 Å². The Morgan fingerprint density at radius 3 is 1.35 bits per heavy atom. The molecule has 0 bridgehead atoms. The Morgan fingerprint density at radius 1 is 0.354 bits per heavy atom. The molecular formula is C44H26N4. The van der Waals surface area contributed by atoms with Crippen LogP contribution in [0.4, 0.5) is 0 Å². The first-order chi connectivity index (χ1) is 23.7. The molecule has 48 heavy (non-hydrogen) atoms. The molecular weight excluding hydrogens is 585 g/mol. The normalized spacial score (nSPS) is 11.3. The van der Waals surface area contributed by atoms with Crippen LogP contribution in [-0.4, -0.2) is 9.13 Å². The van der Waals surface area contributed by atoms with Gasteiger partial charge in [-0.05, 0) is 71.3 Å². The molecule has 0 aliphatic rings. The molecule has 4 nitrogen and oxygen atoms in total. The van der Waals surface area contributed by atoms with Crippen molar-refractivity contribution in [2.75, 3.05) is 0 Å². The van der Waals surface area contributed by atoms with Crippen LogP contribution in [0.1, 0.15) is 11.1 Å². The Bertz CT molecular complexity index is 2710. The molecule has 0 fully saturated rings. The minimum absolute atomic E-state index is 0.591. The first-order valence-electron chi connectivity index (χ1n) is 15.9. The van der Waals surface area contributed by atoms with E-state index in [1.807, 2.05) is 42.5 Å². The van der Waals surface area contributed by atoms with Crippen molar-refractivity contribution in [3.63, 3.8) is 0 Å². The van der Waals surface area contributed by atoms with Gasteiger partial charge in [0.05, 0.1) is 50.6 Å². The van der Waals surface area contributed by atoms with Crippen LogP contribution in [0.5, 0.6) is 0 Å². The van der Waals surface area contributed by atoms with Gasteiger partial charge in [0.15, 0.2) is 0 Å². The maximum absolute atomic E-state index is 10.4. The second-order valence-corrected chi connectivity index (χ2v) is 12.0. The molecule has 9 rings (SSSR count). The monoisotopic (exact) mass is 610 g/mol. The molecule has 4 heteroatoms. The zero-order valence-corrected chi connectivity index (χ0v) is 25.8. The third kappa shape index (κ3) is 4.07. The molecule has 222 valence electrons. The summed E-state index contributed by atoms with van der Waals surface area (Å²) < 4.78 is 4.45. The van der Waals surface area contributed by atoms with E-state index in [0.29, 0.717) is 11.1 Å². The molecule has 7 aromatic carbocycles. The number of fused-ring (bicyclic) bond motifs is 6. The quantitative estimate of drug-likeness (QED) is 0.199. The number of aromatic nitrogens is 2. The first kappa shape index (κ1) is 27.4. The Morgan fingerprint density at radius 2 is 0.812 bits per heavy atom. The van der Waals surface area contributed by atoms with Crippen LogP contribution in [0.3, 0.4) is 0 Å². The van der Waals surface area contributed by atoms with Crippen LogP contribution in [0.25, 0.3) is 77.2 Å². The lowest BCUT2D eigenvalue weighted by molar-refractivity contribution is 1.17. The molecule has 0 radical (unpaired) electrons. The van der Waals surface area contributed by atoms with Crippen molar-refractivity contribution >= 4 is 43.6 Å². The van der Waals surface area contributed by atoms with Crippen LogP contribution in [0.2, 0.25) is 0 Å². The van der Waals surface area contributed by atoms with Gasteiger partial charge in [0.25, 0.3) is 0 Å². The summed E-state index contributed by atoms with van der Waals surface area (Å²) >= 11 is 0. The van der Waals surface area contributed by atoms with Gasteiger partial charge >= 0.3 is 0 Å². The summed E-state index contributed by atoms with van der Waals surface area (Å²) in [6.45, 7) is 0. The zero-order chi connectivity index (χ0) is 32.2. The Balaban J connectivity index is 1.22. The highest BCUT2D eigenvalue weighted by molar-refractivity contribution is 6.10. The second kappa shape index (κ2) is 10.9. The number of para-hydroxylation sites is 4. The number of benzene rings is 7. The van der Waals surface area contributed by atoms with Crippen LogP contribution in [0, 0.1) is 22.7 Å². The molecule has 2 aromatic heterocycles. The second-order valence-electron chi connectivity index (χ2n) is 12.0. The average molecular weight is 611 g/mol. The highest BCUT2D eigenvalue weighted by Gasteiger charge is 2.19. The first-order valence-corrected chi connectivity index (χ1v) is 15.9. The number of nitrogens with zero attached hydrogens (tertiary/aromatic N) is 4. The van der Waals surface area contributed by atoms with Gasteiger partial charge in [-0.25, -0.2) is 0 Å². The van der Waals surface area contributed by atoms with Gasteiger partial charge in [-0.1, -0.05) is 103 Å². The fourth-order valence-electron chi connectivity index (χ4n) is 7.34. The van der Waals surface area contributed by atoms with Crippen molar-refractivity contribution in [2.24, 2.45) is 0 Å². The van der Waals surface area contributed by atoms with E-state index in [9.17, 15) is 10.5 Å². The Hall–Kier alpha value is -6.88. The number of nitriles is 2. The molecule has 0 atom stereocenters. The summed E-state index contributed by atoms with van der Waals surface area (Å²) in [5.41, 5.74) is 11.0. The van der Waals surface area contributed by atoms with Crippen LogP contribution in [-0.2, 0) is 0 Å². The summed E-state index contributed by atoms with van der Waals surface area (Å²) in [6.07, 6.45) is 0. The molecule has 9 aromatic rings. The molecule has 2 heterocycles. The number of hydrogen-bond acceptors (Lipinski definition) is 2. The average Bonchev–Trinajstić information content (AvgIpc) is 3.67. The molecule has 0 saturated carbocycles. The SMILES string of the molecule is N#Cc1cc(-c2cccc(-c3c(C#N)cccc3-n3c4ccccc4c4ccccc43)c2)ccc1-n1c2ccccc2c2ccccc21. The van der Waals surface area contributed by atoms with E-state index < -0.39 is 0 Å². The third-order valence-corrected chi connectivity index (χ3v) is 9.41. The lowest BCUT2D eigenvalue weighted by Crippen LogP contribution is -2.00. The summed E-state index contributed by atoms with van der Waals surface area (Å²) in [6, 6.07) is 58.8. The molecule has 0 aliphatic carbocycles. The molecule has 0 amide bonds. The molecule has 0 N–H and O–H groups in total. The largest absolute Gasteiger partial charge is 0.309 e.